The van der Waals surface area contributed by atoms with E-state index >= 15 is 0 Å². The maximum Gasteiger partial charge on any atom is 0.147 e. The molecule has 0 aromatic carbocycles. The van der Waals surface area contributed by atoms with Gasteiger partial charge < -0.3 is 5.32 Å². The van der Waals surface area contributed by atoms with Crippen molar-refractivity contribution in [2.45, 2.75) is 12.8 Å². The number of rotatable bonds is 1. The van der Waals surface area contributed by atoms with Crippen molar-refractivity contribution >= 4 is 28.8 Å². The second-order valence-electron chi connectivity index (χ2n) is 4.81. The summed E-state index contributed by atoms with van der Waals surface area (Å²) < 4.78 is 0. The third-order valence-corrected chi connectivity index (χ3v) is 4.42. The molecule has 1 aromatic heterocycles. The summed E-state index contributed by atoms with van der Waals surface area (Å²) in [5, 5.41) is 4.37. The molecule has 0 saturated carbocycles. The molecular formula is C13H14Cl2N2. The van der Waals surface area contributed by atoms with Crippen molar-refractivity contribution in [3.8, 4) is 0 Å². The second kappa shape index (κ2) is 4.60. The molecule has 2 nitrogen and oxygen atoms in total. The fraction of sp³-hybridized carbons (Fsp3) is 0.462. The Kier molecular flexibility index (Phi) is 3.12. The molecule has 0 unspecified atom stereocenters. The van der Waals surface area contributed by atoms with Crippen LogP contribution in [0.25, 0.3) is 5.57 Å². The molecule has 90 valence electrons. The highest BCUT2D eigenvalue weighted by Gasteiger charge is 2.30. The van der Waals surface area contributed by atoms with Gasteiger partial charge in [-0.2, -0.15) is 0 Å². The van der Waals surface area contributed by atoms with Crippen LogP contribution in [-0.4, -0.2) is 18.1 Å². The first-order chi connectivity index (χ1) is 8.24. The molecule has 2 heterocycles. The zero-order valence-corrected chi connectivity index (χ0v) is 10.9. The van der Waals surface area contributed by atoms with Gasteiger partial charge in [-0.1, -0.05) is 29.3 Å². The van der Waals surface area contributed by atoms with Crippen LogP contribution >= 0.6 is 23.2 Å². The molecule has 0 radical (unpaired) electrons. The van der Waals surface area contributed by atoms with Crippen molar-refractivity contribution in [2.75, 3.05) is 13.1 Å². The first kappa shape index (κ1) is 11.5. The van der Waals surface area contributed by atoms with E-state index in [1.165, 1.54) is 12.0 Å². The van der Waals surface area contributed by atoms with Crippen LogP contribution in [0.2, 0.25) is 10.2 Å². The van der Waals surface area contributed by atoms with Gasteiger partial charge in [0.1, 0.15) is 5.15 Å². The van der Waals surface area contributed by atoms with Gasteiger partial charge >= 0.3 is 0 Å². The Morgan fingerprint density at radius 1 is 1.35 bits per heavy atom. The average molecular weight is 269 g/mol. The molecule has 0 amide bonds. The molecule has 1 fully saturated rings. The van der Waals surface area contributed by atoms with Crippen LogP contribution in [0.5, 0.6) is 0 Å². The Morgan fingerprint density at radius 3 is 3.00 bits per heavy atom. The number of hydrogen-bond donors (Lipinski definition) is 1. The normalized spacial score (nSPS) is 27.8. The minimum atomic E-state index is 0.382. The number of pyridine rings is 1. The summed E-state index contributed by atoms with van der Waals surface area (Å²) in [7, 11) is 0. The number of hydrogen-bond acceptors (Lipinski definition) is 2. The summed E-state index contributed by atoms with van der Waals surface area (Å²) in [6, 6.07) is 1.92. The van der Waals surface area contributed by atoms with Gasteiger partial charge in [0.15, 0.2) is 0 Å². The molecule has 17 heavy (non-hydrogen) atoms. The second-order valence-corrected chi connectivity index (χ2v) is 5.57. The van der Waals surface area contributed by atoms with Crippen LogP contribution in [0, 0.1) is 11.8 Å². The van der Waals surface area contributed by atoms with Crippen molar-refractivity contribution in [3.63, 3.8) is 0 Å². The molecule has 0 spiro atoms. The van der Waals surface area contributed by atoms with Crippen LogP contribution in [0.15, 0.2) is 18.3 Å². The van der Waals surface area contributed by atoms with Crippen LogP contribution in [0.4, 0.5) is 0 Å². The van der Waals surface area contributed by atoms with Gasteiger partial charge in [0, 0.05) is 6.20 Å². The molecule has 2 aliphatic rings. The molecule has 0 bridgehead atoms. The molecule has 2 atom stereocenters. The van der Waals surface area contributed by atoms with E-state index in [1.807, 2.05) is 12.3 Å². The summed E-state index contributed by atoms with van der Waals surface area (Å²) in [5.74, 6) is 1.47. The van der Waals surface area contributed by atoms with Gasteiger partial charge in [-0.15, -0.1) is 0 Å². The first-order valence-electron chi connectivity index (χ1n) is 5.97. The van der Waals surface area contributed by atoms with Crippen LogP contribution in [0.1, 0.15) is 18.4 Å². The van der Waals surface area contributed by atoms with Crippen molar-refractivity contribution in [1.82, 2.24) is 10.3 Å². The lowest BCUT2D eigenvalue weighted by Gasteiger charge is -2.25. The lowest BCUT2D eigenvalue weighted by molar-refractivity contribution is 0.324. The predicted octanol–water partition coefficient (Wildman–Crippen LogP) is 3.40. The summed E-state index contributed by atoms with van der Waals surface area (Å²) in [6.45, 7) is 2.25. The minimum Gasteiger partial charge on any atom is -0.316 e. The van der Waals surface area contributed by atoms with Crippen molar-refractivity contribution < 1.29 is 0 Å². The fourth-order valence-electron chi connectivity index (χ4n) is 2.81. The topological polar surface area (TPSA) is 24.9 Å². The van der Waals surface area contributed by atoms with Gasteiger partial charge in [0.05, 0.1) is 5.02 Å². The summed E-state index contributed by atoms with van der Waals surface area (Å²) >= 11 is 11.8. The van der Waals surface area contributed by atoms with E-state index in [1.54, 1.807) is 0 Å². The monoisotopic (exact) mass is 268 g/mol. The lowest BCUT2D eigenvalue weighted by Crippen LogP contribution is -2.33. The largest absolute Gasteiger partial charge is 0.316 e. The van der Waals surface area contributed by atoms with Gasteiger partial charge in [-0.25, -0.2) is 4.98 Å². The Balaban J connectivity index is 1.87. The highest BCUT2D eigenvalue weighted by atomic mass is 35.5. The Labute approximate surface area is 111 Å². The van der Waals surface area contributed by atoms with E-state index in [2.05, 4.69) is 16.4 Å². The highest BCUT2D eigenvalue weighted by Crippen LogP contribution is 2.39. The molecule has 1 aliphatic carbocycles. The number of piperidine rings is 1. The maximum atomic E-state index is 6.01. The third-order valence-electron chi connectivity index (χ3n) is 3.73. The summed E-state index contributed by atoms with van der Waals surface area (Å²) in [5.41, 5.74) is 2.49. The lowest BCUT2D eigenvalue weighted by atomic mass is 9.89. The van der Waals surface area contributed by atoms with Crippen LogP contribution in [0.3, 0.4) is 0 Å². The Hall–Kier alpha value is -0.570. The average Bonchev–Trinajstić information content (AvgIpc) is 2.76. The van der Waals surface area contributed by atoms with Crippen molar-refractivity contribution in [3.05, 3.63) is 34.1 Å². The van der Waals surface area contributed by atoms with Gasteiger partial charge in [0.2, 0.25) is 0 Å². The maximum absolute atomic E-state index is 6.01. The zero-order valence-electron chi connectivity index (χ0n) is 9.42. The summed E-state index contributed by atoms with van der Waals surface area (Å²) in [4.78, 5) is 4.12. The number of nitrogens with one attached hydrogen (secondary N) is 1. The van der Waals surface area contributed by atoms with Gasteiger partial charge in [0.25, 0.3) is 0 Å². The number of nitrogens with zero attached hydrogens (tertiary/aromatic N) is 1. The standard InChI is InChI=1S/C13H14Cl2N2/c14-12-5-11(7-17-13(12)15)9-3-8-1-2-16-6-10(8)4-9/h3,5,7-8,10,16H,1-2,4,6H2/t8-,10-/m0/s1. The molecule has 1 N–H and O–H groups in total. The minimum absolute atomic E-state index is 0.382. The van der Waals surface area contributed by atoms with Crippen molar-refractivity contribution in [2.24, 2.45) is 11.8 Å². The number of halogens is 2. The molecular weight excluding hydrogens is 255 g/mol. The predicted molar refractivity (Wildman–Crippen MR) is 71.3 cm³/mol. The quantitative estimate of drug-likeness (QED) is 0.790. The zero-order chi connectivity index (χ0) is 11.8. The smallest absolute Gasteiger partial charge is 0.147 e. The van der Waals surface area contributed by atoms with E-state index in [0.717, 1.165) is 36.9 Å². The van der Waals surface area contributed by atoms with Crippen molar-refractivity contribution in [1.29, 1.82) is 0 Å². The number of allylic oxidation sites excluding steroid dienone is 2. The van der Waals surface area contributed by atoms with Gasteiger partial charge in [-0.3, -0.25) is 0 Å². The molecule has 1 saturated heterocycles. The number of fused-ring (bicyclic) bond motifs is 1. The van der Waals surface area contributed by atoms with Crippen LogP contribution in [-0.2, 0) is 0 Å². The van der Waals surface area contributed by atoms with E-state index in [0.29, 0.717) is 10.2 Å². The number of aromatic nitrogens is 1. The molecule has 4 heteroatoms. The molecule has 1 aliphatic heterocycles. The van der Waals surface area contributed by atoms with E-state index < -0.39 is 0 Å². The molecule has 1 aromatic rings. The first-order valence-corrected chi connectivity index (χ1v) is 6.72. The Morgan fingerprint density at radius 2 is 2.24 bits per heavy atom. The van der Waals surface area contributed by atoms with E-state index in [4.69, 9.17) is 23.2 Å². The van der Waals surface area contributed by atoms with E-state index in [-0.39, 0.29) is 0 Å². The highest BCUT2D eigenvalue weighted by molar-refractivity contribution is 6.41. The van der Waals surface area contributed by atoms with E-state index in [9.17, 15) is 0 Å². The van der Waals surface area contributed by atoms with Crippen LogP contribution < -0.4 is 5.32 Å². The fourth-order valence-corrected chi connectivity index (χ4v) is 3.08. The third kappa shape index (κ3) is 2.22. The summed E-state index contributed by atoms with van der Waals surface area (Å²) in [6.07, 6.45) is 6.58. The van der Waals surface area contributed by atoms with Gasteiger partial charge in [-0.05, 0) is 55.0 Å². The SMILES string of the molecule is Clc1cc(C2=C[C@@H]3CCNC[C@@H]3C2)cnc1Cl. The molecule has 3 rings (SSSR count). The Bertz CT molecular complexity index is 470.